The van der Waals surface area contributed by atoms with E-state index in [1.165, 1.54) is 23.6 Å². The third kappa shape index (κ3) is 4.91. The summed E-state index contributed by atoms with van der Waals surface area (Å²) in [6, 6.07) is 12.2. The first-order valence-electron chi connectivity index (χ1n) is 8.56. The molecule has 150 valence electrons. The number of benzene rings is 2. The molecule has 0 unspecified atom stereocenters. The lowest BCUT2D eigenvalue weighted by molar-refractivity contribution is -0.113. The standard InChI is InChI=1S/C19H19N5O4S/c1-12-4-9-16(27-2)15(10-12)20-17(25)11-29-19-21-22-23-24(19)14-7-5-13(6-8-14)18(26)28-3/h4-10H,11H2,1-3H3,(H,20,25). The molecule has 1 N–H and O–H groups in total. The van der Waals surface area contributed by atoms with Crippen molar-refractivity contribution in [3.63, 3.8) is 0 Å². The van der Waals surface area contributed by atoms with Crippen molar-refractivity contribution in [2.75, 3.05) is 25.3 Å². The number of carbonyl (C=O) groups excluding carboxylic acids is 2. The number of aryl methyl sites for hydroxylation is 1. The van der Waals surface area contributed by atoms with Gasteiger partial charge in [-0.25, -0.2) is 4.79 Å². The molecular formula is C19H19N5O4S. The van der Waals surface area contributed by atoms with Crippen LogP contribution in [-0.4, -0.2) is 52.1 Å². The minimum absolute atomic E-state index is 0.109. The van der Waals surface area contributed by atoms with Crippen molar-refractivity contribution in [1.29, 1.82) is 0 Å². The smallest absolute Gasteiger partial charge is 0.337 e. The maximum Gasteiger partial charge on any atom is 0.337 e. The number of nitrogens with zero attached hydrogens (tertiary/aromatic N) is 4. The Morgan fingerprint density at radius 3 is 2.59 bits per heavy atom. The fourth-order valence-electron chi connectivity index (χ4n) is 2.52. The number of anilines is 1. The van der Waals surface area contributed by atoms with Crippen molar-refractivity contribution >= 4 is 29.3 Å². The van der Waals surface area contributed by atoms with Crippen LogP contribution in [0.25, 0.3) is 5.69 Å². The summed E-state index contributed by atoms with van der Waals surface area (Å²) in [5.41, 5.74) is 2.69. The molecule has 3 rings (SSSR count). The molecule has 0 spiro atoms. The van der Waals surface area contributed by atoms with Gasteiger partial charge in [-0.3, -0.25) is 4.79 Å². The predicted molar refractivity (Wildman–Crippen MR) is 108 cm³/mol. The molecular weight excluding hydrogens is 394 g/mol. The van der Waals surface area contributed by atoms with Crippen LogP contribution in [0.4, 0.5) is 5.69 Å². The van der Waals surface area contributed by atoms with Gasteiger partial charge in [0.25, 0.3) is 0 Å². The van der Waals surface area contributed by atoms with Crippen LogP contribution in [-0.2, 0) is 9.53 Å². The molecule has 1 amide bonds. The Labute approximate surface area is 171 Å². The summed E-state index contributed by atoms with van der Waals surface area (Å²) < 4.78 is 11.4. The number of hydrogen-bond acceptors (Lipinski definition) is 8. The molecule has 29 heavy (non-hydrogen) atoms. The van der Waals surface area contributed by atoms with Crippen LogP contribution in [0.3, 0.4) is 0 Å². The summed E-state index contributed by atoms with van der Waals surface area (Å²) in [4.78, 5) is 23.9. The van der Waals surface area contributed by atoms with E-state index in [1.54, 1.807) is 37.4 Å². The average Bonchev–Trinajstić information content (AvgIpc) is 3.20. The highest BCUT2D eigenvalue weighted by atomic mass is 32.2. The first kappa shape index (κ1) is 20.3. The number of tetrazole rings is 1. The van der Waals surface area contributed by atoms with Crippen LogP contribution in [0, 0.1) is 6.92 Å². The fourth-order valence-corrected chi connectivity index (χ4v) is 3.21. The Bertz CT molecular complexity index is 1020. The maximum atomic E-state index is 12.4. The van der Waals surface area contributed by atoms with E-state index in [0.29, 0.717) is 27.8 Å². The highest BCUT2D eigenvalue weighted by molar-refractivity contribution is 7.99. The molecule has 0 radical (unpaired) electrons. The molecule has 0 aliphatic carbocycles. The van der Waals surface area contributed by atoms with Crippen molar-refractivity contribution in [3.05, 3.63) is 53.6 Å². The largest absolute Gasteiger partial charge is 0.495 e. The summed E-state index contributed by atoms with van der Waals surface area (Å²) in [6.07, 6.45) is 0. The zero-order valence-corrected chi connectivity index (χ0v) is 16.9. The molecule has 0 bridgehead atoms. The van der Waals surface area contributed by atoms with E-state index in [-0.39, 0.29) is 11.7 Å². The van der Waals surface area contributed by atoms with Crippen LogP contribution in [0.15, 0.2) is 47.6 Å². The summed E-state index contributed by atoms with van der Waals surface area (Å²) in [5, 5.41) is 14.9. The van der Waals surface area contributed by atoms with Crippen molar-refractivity contribution < 1.29 is 19.1 Å². The van der Waals surface area contributed by atoms with Gasteiger partial charge in [0.2, 0.25) is 11.1 Å². The number of carbonyl (C=O) groups is 2. The van der Waals surface area contributed by atoms with Crippen LogP contribution in [0.1, 0.15) is 15.9 Å². The number of aromatic nitrogens is 4. The van der Waals surface area contributed by atoms with Crippen LogP contribution in [0.5, 0.6) is 5.75 Å². The van der Waals surface area contributed by atoms with E-state index >= 15 is 0 Å². The van der Waals surface area contributed by atoms with Crippen molar-refractivity contribution in [1.82, 2.24) is 20.2 Å². The molecule has 10 heteroatoms. The number of hydrogen-bond donors (Lipinski definition) is 1. The highest BCUT2D eigenvalue weighted by Crippen LogP contribution is 2.26. The normalized spacial score (nSPS) is 10.4. The van der Waals surface area contributed by atoms with E-state index in [9.17, 15) is 9.59 Å². The quantitative estimate of drug-likeness (QED) is 0.465. The summed E-state index contributed by atoms with van der Waals surface area (Å²) in [5.74, 6) is 0.0580. The second kappa shape index (κ2) is 9.20. The second-order valence-electron chi connectivity index (χ2n) is 5.95. The van der Waals surface area contributed by atoms with Gasteiger partial charge in [-0.15, -0.1) is 5.10 Å². The van der Waals surface area contributed by atoms with Crippen LogP contribution >= 0.6 is 11.8 Å². The first-order valence-corrected chi connectivity index (χ1v) is 9.55. The minimum Gasteiger partial charge on any atom is -0.495 e. The zero-order valence-electron chi connectivity index (χ0n) is 16.1. The van der Waals surface area contributed by atoms with E-state index in [1.807, 2.05) is 19.1 Å². The van der Waals surface area contributed by atoms with E-state index < -0.39 is 5.97 Å². The van der Waals surface area contributed by atoms with Gasteiger partial charge >= 0.3 is 5.97 Å². The predicted octanol–water partition coefficient (Wildman–Crippen LogP) is 2.50. The van der Waals surface area contributed by atoms with E-state index in [0.717, 1.165) is 5.56 Å². The highest BCUT2D eigenvalue weighted by Gasteiger charge is 2.14. The number of nitrogens with one attached hydrogen (secondary N) is 1. The van der Waals surface area contributed by atoms with Gasteiger partial charge in [-0.2, -0.15) is 4.68 Å². The van der Waals surface area contributed by atoms with Gasteiger partial charge in [0.1, 0.15) is 5.75 Å². The Morgan fingerprint density at radius 2 is 1.90 bits per heavy atom. The second-order valence-corrected chi connectivity index (χ2v) is 6.89. The van der Waals surface area contributed by atoms with E-state index in [2.05, 4.69) is 25.6 Å². The zero-order chi connectivity index (χ0) is 20.8. The summed E-state index contributed by atoms with van der Waals surface area (Å²) >= 11 is 1.19. The molecule has 2 aromatic carbocycles. The number of esters is 1. The topological polar surface area (TPSA) is 108 Å². The summed E-state index contributed by atoms with van der Waals surface area (Å²) in [7, 11) is 2.87. The van der Waals surface area contributed by atoms with Gasteiger partial charge in [-0.05, 0) is 59.3 Å². The number of thioether (sulfide) groups is 1. The third-order valence-corrected chi connectivity index (χ3v) is 4.85. The maximum absolute atomic E-state index is 12.4. The Kier molecular flexibility index (Phi) is 6.45. The Balaban J connectivity index is 1.67. The lowest BCUT2D eigenvalue weighted by Crippen LogP contribution is -2.15. The van der Waals surface area contributed by atoms with Gasteiger partial charge in [0.05, 0.1) is 36.9 Å². The number of amides is 1. The Hall–Kier alpha value is -3.40. The van der Waals surface area contributed by atoms with Gasteiger partial charge in [-0.1, -0.05) is 17.8 Å². The van der Waals surface area contributed by atoms with Gasteiger partial charge < -0.3 is 14.8 Å². The lowest BCUT2D eigenvalue weighted by atomic mass is 10.2. The average molecular weight is 413 g/mol. The molecule has 0 fully saturated rings. The molecule has 0 aliphatic rings. The van der Waals surface area contributed by atoms with E-state index in [4.69, 9.17) is 4.74 Å². The summed E-state index contributed by atoms with van der Waals surface area (Å²) in [6.45, 7) is 1.93. The molecule has 0 saturated carbocycles. The number of methoxy groups -OCH3 is 2. The van der Waals surface area contributed by atoms with Crippen LogP contribution < -0.4 is 10.1 Å². The monoisotopic (exact) mass is 413 g/mol. The van der Waals surface area contributed by atoms with Crippen molar-refractivity contribution in [2.45, 2.75) is 12.1 Å². The molecule has 0 atom stereocenters. The third-order valence-electron chi connectivity index (χ3n) is 3.94. The molecule has 9 nitrogen and oxygen atoms in total. The SMILES string of the molecule is COC(=O)c1ccc(-n2nnnc2SCC(=O)Nc2cc(C)ccc2OC)cc1. The number of rotatable bonds is 7. The molecule has 1 aromatic heterocycles. The Morgan fingerprint density at radius 1 is 1.14 bits per heavy atom. The minimum atomic E-state index is -0.425. The molecule has 3 aromatic rings. The molecule has 0 saturated heterocycles. The first-order chi connectivity index (χ1) is 14.0. The fraction of sp³-hybridized carbons (Fsp3) is 0.211. The van der Waals surface area contributed by atoms with Crippen molar-refractivity contribution in [3.8, 4) is 11.4 Å². The molecule has 0 aliphatic heterocycles. The lowest BCUT2D eigenvalue weighted by Gasteiger charge is -2.11. The van der Waals surface area contributed by atoms with Gasteiger partial charge in [0.15, 0.2) is 0 Å². The van der Waals surface area contributed by atoms with Crippen LogP contribution in [0.2, 0.25) is 0 Å². The number of ether oxygens (including phenoxy) is 2. The molecule has 1 heterocycles. The van der Waals surface area contributed by atoms with Gasteiger partial charge in [0, 0.05) is 0 Å². The van der Waals surface area contributed by atoms with Crippen molar-refractivity contribution in [2.24, 2.45) is 0 Å².